The van der Waals surface area contributed by atoms with Gasteiger partial charge in [-0.25, -0.2) is 14.4 Å². The summed E-state index contributed by atoms with van der Waals surface area (Å²) in [5.41, 5.74) is 0.810. The third-order valence-corrected chi connectivity index (χ3v) is 5.30. The summed E-state index contributed by atoms with van der Waals surface area (Å²) >= 11 is 5.88. The fourth-order valence-electron chi connectivity index (χ4n) is 3.43. The largest absolute Gasteiger partial charge is 0.493 e. The topological polar surface area (TPSA) is 76.6 Å². The summed E-state index contributed by atoms with van der Waals surface area (Å²) < 4.78 is 25.9. The Bertz CT molecular complexity index is 1110. The highest BCUT2D eigenvalue weighted by atomic mass is 35.5. The van der Waals surface area contributed by atoms with Crippen LogP contribution < -0.4 is 14.8 Å². The SMILES string of the molecule is COc1cc2ncnc(Nc3cccc(Cl)c3F)c2cc1O[C@H]1CCN(C(C)=O)C1. The number of halogens is 2. The van der Waals surface area contributed by atoms with Gasteiger partial charge in [-0.1, -0.05) is 17.7 Å². The lowest BCUT2D eigenvalue weighted by atomic mass is 10.2. The maximum absolute atomic E-state index is 14.3. The highest BCUT2D eigenvalue weighted by molar-refractivity contribution is 6.31. The quantitative estimate of drug-likeness (QED) is 0.654. The molecule has 30 heavy (non-hydrogen) atoms. The van der Waals surface area contributed by atoms with Crippen LogP contribution in [-0.4, -0.2) is 47.1 Å². The van der Waals surface area contributed by atoms with E-state index in [1.807, 2.05) is 0 Å². The molecule has 7 nitrogen and oxygen atoms in total. The summed E-state index contributed by atoms with van der Waals surface area (Å²) in [4.78, 5) is 21.9. The Morgan fingerprint density at radius 1 is 1.30 bits per heavy atom. The smallest absolute Gasteiger partial charge is 0.219 e. The van der Waals surface area contributed by atoms with Crippen LogP contribution in [0.4, 0.5) is 15.9 Å². The van der Waals surface area contributed by atoms with Gasteiger partial charge in [-0.05, 0) is 18.2 Å². The van der Waals surface area contributed by atoms with E-state index in [2.05, 4.69) is 15.3 Å². The molecule has 2 aromatic carbocycles. The summed E-state index contributed by atoms with van der Waals surface area (Å²) in [5, 5.41) is 3.62. The van der Waals surface area contributed by atoms with Gasteiger partial charge in [0.15, 0.2) is 17.3 Å². The number of nitrogens with one attached hydrogen (secondary N) is 1. The molecule has 0 radical (unpaired) electrons. The molecule has 4 rings (SSSR count). The molecule has 3 aromatic rings. The molecular weight excluding hydrogens is 411 g/mol. The molecule has 156 valence electrons. The van der Waals surface area contributed by atoms with Crippen molar-refractivity contribution in [1.29, 1.82) is 0 Å². The van der Waals surface area contributed by atoms with Crippen molar-refractivity contribution < 1.29 is 18.7 Å². The molecule has 9 heteroatoms. The van der Waals surface area contributed by atoms with E-state index in [0.29, 0.717) is 41.3 Å². The number of fused-ring (bicyclic) bond motifs is 1. The highest BCUT2D eigenvalue weighted by Crippen LogP contribution is 2.36. The van der Waals surface area contributed by atoms with E-state index in [-0.39, 0.29) is 22.7 Å². The fourth-order valence-corrected chi connectivity index (χ4v) is 3.61. The van der Waals surface area contributed by atoms with Crippen LogP contribution in [0.15, 0.2) is 36.7 Å². The summed E-state index contributed by atoms with van der Waals surface area (Å²) in [5.74, 6) is 0.888. The average molecular weight is 431 g/mol. The van der Waals surface area contributed by atoms with Crippen molar-refractivity contribution in [3.8, 4) is 11.5 Å². The van der Waals surface area contributed by atoms with E-state index in [9.17, 15) is 9.18 Å². The molecule has 1 N–H and O–H groups in total. The number of ether oxygens (including phenoxy) is 2. The average Bonchev–Trinajstić information content (AvgIpc) is 3.20. The highest BCUT2D eigenvalue weighted by Gasteiger charge is 2.27. The molecule has 0 spiro atoms. The molecule has 0 bridgehead atoms. The third kappa shape index (κ3) is 3.95. The van der Waals surface area contributed by atoms with Crippen LogP contribution >= 0.6 is 11.6 Å². The minimum atomic E-state index is -0.564. The van der Waals surface area contributed by atoms with Crippen molar-refractivity contribution in [1.82, 2.24) is 14.9 Å². The Morgan fingerprint density at radius 2 is 2.13 bits per heavy atom. The number of aromatic nitrogens is 2. The van der Waals surface area contributed by atoms with E-state index >= 15 is 0 Å². The number of nitrogens with zero attached hydrogens (tertiary/aromatic N) is 3. The third-order valence-electron chi connectivity index (χ3n) is 5.01. The van der Waals surface area contributed by atoms with Crippen LogP contribution in [0.25, 0.3) is 10.9 Å². The number of rotatable bonds is 5. The number of methoxy groups -OCH3 is 1. The lowest BCUT2D eigenvalue weighted by molar-refractivity contribution is -0.128. The van der Waals surface area contributed by atoms with Gasteiger partial charge < -0.3 is 19.7 Å². The molecule has 1 aliphatic heterocycles. The first-order chi connectivity index (χ1) is 14.5. The van der Waals surface area contributed by atoms with Gasteiger partial charge in [0.2, 0.25) is 5.91 Å². The molecular formula is C21H20ClFN4O3. The van der Waals surface area contributed by atoms with E-state index in [1.54, 1.807) is 43.2 Å². The number of likely N-dealkylation sites (tertiary alicyclic amines) is 1. The van der Waals surface area contributed by atoms with Gasteiger partial charge in [0.05, 0.1) is 29.9 Å². The van der Waals surface area contributed by atoms with Gasteiger partial charge in [-0.2, -0.15) is 0 Å². The first-order valence-corrected chi connectivity index (χ1v) is 9.80. The number of amides is 1. The zero-order valence-corrected chi connectivity index (χ0v) is 17.2. The maximum Gasteiger partial charge on any atom is 0.219 e. The number of carbonyl (C=O) groups is 1. The lowest BCUT2D eigenvalue weighted by Crippen LogP contribution is -2.28. The Kier molecular flexibility index (Phi) is 5.59. The van der Waals surface area contributed by atoms with E-state index < -0.39 is 5.82 Å². The van der Waals surface area contributed by atoms with Crippen molar-refractivity contribution >= 4 is 39.9 Å². The second kappa shape index (κ2) is 8.31. The molecule has 1 aromatic heterocycles. The summed E-state index contributed by atoms with van der Waals surface area (Å²) in [7, 11) is 1.55. The van der Waals surface area contributed by atoms with Crippen LogP contribution in [-0.2, 0) is 4.79 Å². The molecule has 2 heterocycles. The fraction of sp³-hybridized carbons (Fsp3) is 0.286. The van der Waals surface area contributed by atoms with Gasteiger partial charge in [-0.15, -0.1) is 0 Å². The summed E-state index contributed by atoms with van der Waals surface area (Å²) in [6, 6.07) is 8.20. The van der Waals surface area contributed by atoms with Crippen molar-refractivity contribution in [2.45, 2.75) is 19.4 Å². The first-order valence-electron chi connectivity index (χ1n) is 9.42. The Labute approximate surface area is 177 Å². The van der Waals surface area contributed by atoms with E-state index in [4.69, 9.17) is 21.1 Å². The molecule has 0 unspecified atom stereocenters. The van der Waals surface area contributed by atoms with Crippen molar-refractivity contribution in [3.63, 3.8) is 0 Å². The van der Waals surface area contributed by atoms with Gasteiger partial charge in [0.1, 0.15) is 18.2 Å². The molecule has 1 fully saturated rings. The Hall–Kier alpha value is -3.13. The predicted molar refractivity (Wildman–Crippen MR) is 112 cm³/mol. The van der Waals surface area contributed by atoms with Gasteiger partial charge >= 0.3 is 0 Å². The van der Waals surface area contributed by atoms with Crippen LogP contribution in [0.2, 0.25) is 5.02 Å². The monoisotopic (exact) mass is 430 g/mol. The first kappa shape index (κ1) is 20.2. The van der Waals surface area contributed by atoms with Gasteiger partial charge in [-0.3, -0.25) is 4.79 Å². The van der Waals surface area contributed by atoms with Crippen LogP contribution in [0.5, 0.6) is 11.5 Å². The zero-order valence-electron chi connectivity index (χ0n) is 16.5. The van der Waals surface area contributed by atoms with Crippen molar-refractivity contribution in [3.05, 3.63) is 47.5 Å². The van der Waals surface area contributed by atoms with E-state index in [0.717, 1.165) is 6.42 Å². The molecule has 1 amide bonds. The zero-order chi connectivity index (χ0) is 21.3. The summed E-state index contributed by atoms with van der Waals surface area (Å²) in [6.07, 6.45) is 1.96. The number of carbonyl (C=O) groups excluding carboxylic acids is 1. The maximum atomic E-state index is 14.3. The molecule has 1 aliphatic rings. The van der Waals surface area contributed by atoms with Gasteiger partial charge in [0, 0.05) is 31.3 Å². The predicted octanol–water partition coefficient (Wildman–Crippen LogP) is 4.17. The molecule has 1 atom stereocenters. The standard InChI is InChI=1S/C21H20ClFN4O3/c1-12(28)27-7-6-13(10-27)30-19-8-14-17(9-18(19)29-2)24-11-25-21(14)26-16-5-3-4-15(22)20(16)23/h3-5,8-9,11,13H,6-7,10H2,1-2H3,(H,24,25,26)/t13-/m0/s1. The van der Waals surface area contributed by atoms with Crippen LogP contribution in [0.3, 0.4) is 0 Å². The lowest BCUT2D eigenvalue weighted by Gasteiger charge is -2.18. The number of benzene rings is 2. The minimum absolute atomic E-state index is 0.0142. The second-order valence-electron chi connectivity index (χ2n) is 6.96. The normalized spacial score (nSPS) is 16.0. The molecule has 0 saturated carbocycles. The van der Waals surface area contributed by atoms with Crippen molar-refractivity contribution in [2.75, 3.05) is 25.5 Å². The van der Waals surface area contributed by atoms with Crippen LogP contribution in [0.1, 0.15) is 13.3 Å². The Balaban J connectivity index is 1.69. The van der Waals surface area contributed by atoms with Crippen molar-refractivity contribution in [2.24, 2.45) is 0 Å². The second-order valence-corrected chi connectivity index (χ2v) is 7.37. The number of hydrogen-bond acceptors (Lipinski definition) is 6. The summed E-state index contributed by atoms with van der Waals surface area (Å²) in [6.45, 7) is 2.71. The number of anilines is 2. The Morgan fingerprint density at radius 3 is 2.87 bits per heavy atom. The molecule has 1 saturated heterocycles. The van der Waals surface area contributed by atoms with E-state index in [1.165, 1.54) is 12.4 Å². The van der Waals surface area contributed by atoms with Crippen LogP contribution in [0, 0.1) is 5.82 Å². The minimum Gasteiger partial charge on any atom is -0.493 e. The number of hydrogen-bond donors (Lipinski definition) is 1. The molecule has 0 aliphatic carbocycles. The van der Waals surface area contributed by atoms with Gasteiger partial charge in [0.25, 0.3) is 0 Å².